The molecule has 4 nitrogen and oxygen atoms in total. The van der Waals surface area contributed by atoms with Crippen LogP contribution in [0.5, 0.6) is 5.75 Å². The Kier molecular flexibility index (Phi) is 7.56. The Hall–Kier alpha value is -1.75. The molecule has 2 aromatic rings. The first-order valence-electron chi connectivity index (χ1n) is 7.98. The summed E-state index contributed by atoms with van der Waals surface area (Å²) in [6, 6.07) is 12.8. The quantitative estimate of drug-likeness (QED) is 0.725. The van der Waals surface area contributed by atoms with Gasteiger partial charge in [0.05, 0.1) is 22.8 Å². The first kappa shape index (κ1) is 19.6. The molecular formula is C19H21Cl2NO3. The summed E-state index contributed by atoms with van der Waals surface area (Å²) >= 11 is 11.7. The third kappa shape index (κ3) is 6.94. The van der Waals surface area contributed by atoms with Gasteiger partial charge in [-0.05, 0) is 37.1 Å². The summed E-state index contributed by atoms with van der Waals surface area (Å²) in [6.07, 6.45) is 0.182. The topological polar surface area (TPSA) is 47.6 Å². The molecule has 0 atom stereocenters. The molecule has 25 heavy (non-hydrogen) atoms. The molecule has 0 saturated heterocycles. The zero-order valence-electron chi connectivity index (χ0n) is 14.2. The van der Waals surface area contributed by atoms with E-state index in [0.717, 1.165) is 11.1 Å². The Bertz CT molecular complexity index is 720. The van der Waals surface area contributed by atoms with E-state index in [4.69, 9.17) is 32.7 Å². The molecule has 134 valence electrons. The van der Waals surface area contributed by atoms with E-state index in [2.05, 4.69) is 5.32 Å². The van der Waals surface area contributed by atoms with E-state index < -0.39 is 0 Å². The molecule has 0 fully saturated rings. The van der Waals surface area contributed by atoms with Crippen LogP contribution >= 0.6 is 23.2 Å². The van der Waals surface area contributed by atoms with E-state index in [-0.39, 0.29) is 18.6 Å². The monoisotopic (exact) mass is 381 g/mol. The van der Waals surface area contributed by atoms with E-state index in [0.29, 0.717) is 28.9 Å². The number of carbonyl (C=O) groups is 1. The van der Waals surface area contributed by atoms with Crippen LogP contribution in [0.15, 0.2) is 42.5 Å². The van der Waals surface area contributed by atoms with Gasteiger partial charge in [-0.3, -0.25) is 4.79 Å². The van der Waals surface area contributed by atoms with Crippen molar-refractivity contribution in [2.24, 2.45) is 0 Å². The van der Waals surface area contributed by atoms with Crippen molar-refractivity contribution in [3.8, 4) is 5.75 Å². The Morgan fingerprint density at radius 1 is 1.08 bits per heavy atom. The van der Waals surface area contributed by atoms with Crippen molar-refractivity contribution in [3.63, 3.8) is 0 Å². The third-order valence-corrected chi connectivity index (χ3v) is 4.06. The lowest BCUT2D eigenvalue weighted by Gasteiger charge is -2.10. The van der Waals surface area contributed by atoms with Crippen molar-refractivity contribution in [3.05, 3.63) is 63.6 Å². The SMILES string of the molecule is CC(C)OCc1cccc(CNC(=O)COc2ccc(Cl)c(Cl)c2)c1. The smallest absolute Gasteiger partial charge is 0.258 e. The van der Waals surface area contributed by atoms with Gasteiger partial charge in [0.2, 0.25) is 0 Å². The standard InChI is InChI=1S/C19H21Cl2NO3/c1-13(2)24-11-15-5-3-4-14(8-15)10-22-19(23)12-25-16-6-7-17(20)18(21)9-16/h3-9,13H,10-12H2,1-2H3,(H,22,23). The van der Waals surface area contributed by atoms with Crippen LogP contribution in [0.2, 0.25) is 10.0 Å². The van der Waals surface area contributed by atoms with Crippen LogP contribution in [0.25, 0.3) is 0 Å². The second-order valence-corrected chi connectivity index (χ2v) is 6.64. The summed E-state index contributed by atoms with van der Waals surface area (Å²) < 4.78 is 11.0. The first-order chi connectivity index (χ1) is 11.9. The Labute approximate surface area is 158 Å². The van der Waals surface area contributed by atoms with E-state index in [9.17, 15) is 4.79 Å². The highest BCUT2D eigenvalue weighted by Gasteiger charge is 2.05. The number of nitrogens with one attached hydrogen (secondary N) is 1. The molecule has 0 saturated carbocycles. The van der Waals surface area contributed by atoms with Gasteiger partial charge >= 0.3 is 0 Å². The van der Waals surface area contributed by atoms with Crippen LogP contribution < -0.4 is 10.1 Å². The van der Waals surface area contributed by atoms with Crippen molar-refractivity contribution in [1.82, 2.24) is 5.32 Å². The van der Waals surface area contributed by atoms with Crippen molar-refractivity contribution < 1.29 is 14.3 Å². The van der Waals surface area contributed by atoms with Crippen LogP contribution in [0, 0.1) is 0 Å². The highest BCUT2D eigenvalue weighted by molar-refractivity contribution is 6.42. The second kappa shape index (κ2) is 9.66. The van der Waals surface area contributed by atoms with Crippen LogP contribution in [-0.2, 0) is 22.7 Å². The number of halogens is 2. The minimum Gasteiger partial charge on any atom is -0.484 e. The van der Waals surface area contributed by atoms with Crippen LogP contribution in [0.3, 0.4) is 0 Å². The van der Waals surface area contributed by atoms with Crippen LogP contribution in [-0.4, -0.2) is 18.6 Å². The minimum absolute atomic E-state index is 0.0892. The molecule has 0 aliphatic carbocycles. The predicted octanol–water partition coefficient (Wildman–Crippen LogP) is 4.61. The molecular weight excluding hydrogens is 361 g/mol. The van der Waals surface area contributed by atoms with Gasteiger partial charge < -0.3 is 14.8 Å². The van der Waals surface area contributed by atoms with E-state index in [1.54, 1.807) is 18.2 Å². The van der Waals surface area contributed by atoms with Gasteiger partial charge in [-0.25, -0.2) is 0 Å². The Balaban J connectivity index is 1.79. The summed E-state index contributed by atoms with van der Waals surface area (Å²) in [7, 11) is 0. The summed E-state index contributed by atoms with van der Waals surface area (Å²) in [6.45, 7) is 4.89. The van der Waals surface area contributed by atoms with Crippen molar-refractivity contribution in [2.45, 2.75) is 33.1 Å². The van der Waals surface area contributed by atoms with Crippen molar-refractivity contribution in [2.75, 3.05) is 6.61 Å². The van der Waals surface area contributed by atoms with E-state index in [1.807, 2.05) is 38.1 Å². The van der Waals surface area contributed by atoms with E-state index >= 15 is 0 Å². The molecule has 0 heterocycles. The maximum atomic E-state index is 11.9. The molecule has 2 rings (SSSR count). The first-order valence-corrected chi connectivity index (χ1v) is 8.73. The molecule has 0 unspecified atom stereocenters. The number of hydrogen-bond acceptors (Lipinski definition) is 3. The van der Waals surface area contributed by atoms with Gasteiger partial charge in [-0.1, -0.05) is 47.5 Å². The molecule has 0 radical (unpaired) electrons. The third-order valence-electron chi connectivity index (χ3n) is 3.33. The fraction of sp³-hybridized carbons (Fsp3) is 0.316. The maximum Gasteiger partial charge on any atom is 0.258 e. The van der Waals surface area contributed by atoms with Gasteiger partial charge in [0.15, 0.2) is 6.61 Å². The molecule has 0 spiro atoms. The van der Waals surface area contributed by atoms with E-state index in [1.165, 1.54) is 0 Å². The highest BCUT2D eigenvalue weighted by Crippen LogP contribution is 2.26. The lowest BCUT2D eigenvalue weighted by Crippen LogP contribution is -2.28. The molecule has 0 aliphatic rings. The van der Waals surface area contributed by atoms with Crippen molar-refractivity contribution in [1.29, 1.82) is 0 Å². The fourth-order valence-electron chi connectivity index (χ4n) is 2.06. The largest absolute Gasteiger partial charge is 0.484 e. The predicted molar refractivity (Wildman–Crippen MR) is 100 cm³/mol. The van der Waals surface area contributed by atoms with Gasteiger partial charge in [0.25, 0.3) is 5.91 Å². The van der Waals surface area contributed by atoms with Crippen molar-refractivity contribution >= 4 is 29.1 Å². The molecule has 0 aliphatic heterocycles. The zero-order chi connectivity index (χ0) is 18.2. The molecule has 1 N–H and O–H groups in total. The number of ether oxygens (including phenoxy) is 2. The Morgan fingerprint density at radius 3 is 2.56 bits per heavy atom. The maximum absolute atomic E-state index is 11.9. The molecule has 6 heteroatoms. The molecule has 0 aromatic heterocycles. The fourth-order valence-corrected chi connectivity index (χ4v) is 2.35. The van der Waals surface area contributed by atoms with Gasteiger partial charge in [0.1, 0.15) is 5.75 Å². The van der Waals surface area contributed by atoms with Gasteiger partial charge in [-0.2, -0.15) is 0 Å². The number of benzene rings is 2. The minimum atomic E-state index is -0.213. The molecule has 2 aromatic carbocycles. The number of amides is 1. The second-order valence-electron chi connectivity index (χ2n) is 5.82. The summed E-state index contributed by atoms with van der Waals surface area (Å²) in [5.41, 5.74) is 2.08. The molecule has 0 bridgehead atoms. The normalized spacial score (nSPS) is 10.8. The highest BCUT2D eigenvalue weighted by atomic mass is 35.5. The summed E-state index contributed by atoms with van der Waals surface area (Å²) in [5.74, 6) is 0.285. The van der Waals surface area contributed by atoms with Crippen LogP contribution in [0.4, 0.5) is 0 Å². The summed E-state index contributed by atoms with van der Waals surface area (Å²) in [4.78, 5) is 11.9. The Morgan fingerprint density at radius 2 is 1.84 bits per heavy atom. The van der Waals surface area contributed by atoms with Crippen LogP contribution in [0.1, 0.15) is 25.0 Å². The lowest BCUT2D eigenvalue weighted by molar-refractivity contribution is -0.123. The number of rotatable bonds is 8. The zero-order valence-corrected chi connectivity index (χ0v) is 15.7. The lowest BCUT2D eigenvalue weighted by atomic mass is 10.1. The average Bonchev–Trinajstić information content (AvgIpc) is 2.59. The number of hydrogen-bond donors (Lipinski definition) is 1. The average molecular weight is 382 g/mol. The van der Waals surface area contributed by atoms with Gasteiger partial charge in [0, 0.05) is 12.6 Å². The summed E-state index contributed by atoms with van der Waals surface area (Å²) in [5, 5.41) is 3.66. The number of carbonyl (C=O) groups excluding carboxylic acids is 1. The van der Waals surface area contributed by atoms with Gasteiger partial charge in [-0.15, -0.1) is 0 Å². The molecule has 1 amide bonds.